The Kier molecular flexibility index (Phi) is 9.51. The molecule has 0 heterocycles. The summed E-state index contributed by atoms with van der Waals surface area (Å²) in [6.45, 7) is 3.60. The lowest BCUT2D eigenvalue weighted by Gasteiger charge is -2.14. The third-order valence-corrected chi connectivity index (χ3v) is 4.06. The number of benzene rings is 1. The summed E-state index contributed by atoms with van der Waals surface area (Å²) in [5, 5.41) is 0. The van der Waals surface area contributed by atoms with Gasteiger partial charge in [0.2, 0.25) is 0 Å². The van der Waals surface area contributed by atoms with Crippen LogP contribution in [0.5, 0.6) is 11.5 Å². The van der Waals surface area contributed by atoms with E-state index in [1.165, 1.54) is 32.1 Å². The van der Waals surface area contributed by atoms with Gasteiger partial charge in [0, 0.05) is 0 Å². The molecule has 0 unspecified atom stereocenters. The molecule has 0 saturated heterocycles. The summed E-state index contributed by atoms with van der Waals surface area (Å²) in [6.07, 6.45) is 8.41. The fraction of sp³-hybridized carbons (Fsp3) is 0.647. The van der Waals surface area contributed by atoms with Gasteiger partial charge in [0.15, 0.2) is 11.5 Å². The highest BCUT2D eigenvalue weighted by Gasteiger charge is 2.11. The molecule has 120 valence electrons. The van der Waals surface area contributed by atoms with E-state index < -0.39 is 0 Å². The highest BCUT2D eigenvalue weighted by Crippen LogP contribution is 2.36. The molecule has 0 bridgehead atoms. The van der Waals surface area contributed by atoms with Crippen molar-refractivity contribution in [2.45, 2.75) is 51.9 Å². The average Bonchev–Trinajstić information content (AvgIpc) is 2.48. The van der Waals surface area contributed by atoms with Crippen LogP contribution in [0.15, 0.2) is 16.6 Å². The van der Waals surface area contributed by atoms with Crippen LogP contribution in [0.1, 0.15) is 51.0 Å². The van der Waals surface area contributed by atoms with Crippen LogP contribution >= 0.6 is 15.9 Å². The number of hydrogen-bond acceptors (Lipinski definition) is 3. The summed E-state index contributed by atoms with van der Waals surface area (Å²) in [7, 11) is 1.67. The first kappa shape index (κ1) is 18.3. The van der Waals surface area contributed by atoms with Crippen LogP contribution in [0.4, 0.5) is 0 Å². The van der Waals surface area contributed by atoms with Gasteiger partial charge < -0.3 is 15.2 Å². The second-order valence-electron chi connectivity index (χ2n) is 5.26. The fourth-order valence-corrected chi connectivity index (χ4v) is 2.88. The smallest absolute Gasteiger partial charge is 0.175 e. The van der Waals surface area contributed by atoms with Crippen LogP contribution in [-0.2, 0) is 6.42 Å². The minimum atomic E-state index is 0.632. The highest BCUT2D eigenvalue weighted by molar-refractivity contribution is 9.10. The first-order valence-corrected chi connectivity index (χ1v) is 8.71. The fourth-order valence-electron chi connectivity index (χ4n) is 2.28. The van der Waals surface area contributed by atoms with Crippen molar-refractivity contribution >= 4 is 15.9 Å². The summed E-state index contributed by atoms with van der Waals surface area (Å²) >= 11 is 3.57. The third-order valence-electron chi connectivity index (χ3n) is 3.47. The lowest BCUT2D eigenvalue weighted by molar-refractivity contribution is 0.282. The van der Waals surface area contributed by atoms with Crippen LogP contribution in [0, 0.1) is 0 Å². The highest BCUT2D eigenvalue weighted by atomic mass is 79.9. The Bertz CT molecular complexity index is 410. The third kappa shape index (κ3) is 6.70. The van der Waals surface area contributed by atoms with Crippen molar-refractivity contribution in [1.29, 1.82) is 0 Å². The Labute approximate surface area is 137 Å². The van der Waals surface area contributed by atoms with E-state index in [2.05, 4.69) is 28.9 Å². The van der Waals surface area contributed by atoms with Gasteiger partial charge in [-0.15, -0.1) is 0 Å². The van der Waals surface area contributed by atoms with Crippen LogP contribution in [0.2, 0.25) is 0 Å². The zero-order valence-electron chi connectivity index (χ0n) is 13.3. The topological polar surface area (TPSA) is 44.5 Å². The minimum absolute atomic E-state index is 0.632. The number of methoxy groups -OCH3 is 1. The summed E-state index contributed by atoms with van der Waals surface area (Å²) < 4.78 is 12.3. The van der Waals surface area contributed by atoms with E-state index in [4.69, 9.17) is 15.2 Å². The molecule has 4 heteroatoms. The van der Waals surface area contributed by atoms with E-state index in [-0.39, 0.29) is 0 Å². The molecule has 3 nitrogen and oxygen atoms in total. The van der Waals surface area contributed by atoms with Gasteiger partial charge >= 0.3 is 0 Å². The van der Waals surface area contributed by atoms with Crippen molar-refractivity contribution in [2.75, 3.05) is 20.3 Å². The molecule has 0 aliphatic carbocycles. The maximum Gasteiger partial charge on any atom is 0.175 e. The predicted octanol–water partition coefficient (Wildman–Crippen LogP) is 4.70. The molecule has 2 N–H and O–H groups in total. The van der Waals surface area contributed by atoms with Crippen molar-refractivity contribution in [3.63, 3.8) is 0 Å². The summed E-state index contributed by atoms with van der Waals surface area (Å²) in [5.74, 6) is 1.57. The van der Waals surface area contributed by atoms with Gasteiger partial charge in [-0.25, -0.2) is 0 Å². The Morgan fingerprint density at radius 3 is 2.48 bits per heavy atom. The number of halogens is 1. The maximum atomic E-state index is 5.90. The van der Waals surface area contributed by atoms with E-state index >= 15 is 0 Å². The largest absolute Gasteiger partial charge is 0.493 e. The number of ether oxygens (including phenoxy) is 2. The molecular weight excluding hydrogens is 330 g/mol. The average molecular weight is 358 g/mol. The molecule has 0 atom stereocenters. The first-order valence-electron chi connectivity index (χ1n) is 7.92. The lowest BCUT2D eigenvalue weighted by atomic mass is 10.1. The molecule has 0 radical (unpaired) electrons. The molecule has 0 fully saturated rings. The van der Waals surface area contributed by atoms with Crippen LogP contribution < -0.4 is 15.2 Å². The van der Waals surface area contributed by atoms with E-state index in [0.29, 0.717) is 6.54 Å². The van der Waals surface area contributed by atoms with Crippen LogP contribution in [-0.4, -0.2) is 20.3 Å². The molecule has 0 amide bonds. The zero-order valence-corrected chi connectivity index (χ0v) is 14.9. The second kappa shape index (κ2) is 10.9. The number of nitrogens with two attached hydrogens (primary N) is 1. The van der Waals surface area contributed by atoms with Gasteiger partial charge in [0.25, 0.3) is 0 Å². The van der Waals surface area contributed by atoms with Crippen molar-refractivity contribution in [1.82, 2.24) is 0 Å². The van der Waals surface area contributed by atoms with Crippen LogP contribution in [0.3, 0.4) is 0 Å². The number of unbranched alkanes of at least 4 members (excludes halogenated alkanes) is 5. The molecule has 0 aliphatic rings. The number of rotatable bonds is 11. The molecule has 0 saturated carbocycles. The minimum Gasteiger partial charge on any atom is -0.493 e. The Morgan fingerprint density at radius 2 is 1.81 bits per heavy atom. The van der Waals surface area contributed by atoms with E-state index in [1.807, 2.05) is 6.07 Å². The quantitative estimate of drug-likeness (QED) is 0.583. The SMILES string of the molecule is CCCCCCCCOc1c(Br)cc(CCN)cc1OC. The molecule has 0 aliphatic heterocycles. The van der Waals surface area contributed by atoms with Gasteiger partial charge in [-0.1, -0.05) is 39.0 Å². The molecule has 1 rings (SSSR count). The molecular formula is C17H28BrNO2. The molecule has 0 spiro atoms. The van der Waals surface area contributed by atoms with Gasteiger partial charge in [0.1, 0.15) is 0 Å². The van der Waals surface area contributed by atoms with Gasteiger partial charge in [-0.2, -0.15) is 0 Å². The molecule has 0 aromatic heterocycles. The first-order chi connectivity index (χ1) is 10.2. The zero-order chi connectivity index (χ0) is 15.5. The van der Waals surface area contributed by atoms with Crippen LogP contribution in [0.25, 0.3) is 0 Å². The summed E-state index contributed by atoms with van der Waals surface area (Å²) in [4.78, 5) is 0. The van der Waals surface area contributed by atoms with Crippen molar-refractivity contribution in [3.05, 3.63) is 22.2 Å². The molecule has 1 aromatic rings. The van der Waals surface area contributed by atoms with Gasteiger partial charge in [-0.05, 0) is 53.0 Å². The van der Waals surface area contributed by atoms with E-state index in [1.54, 1.807) is 7.11 Å². The number of hydrogen-bond donors (Lipinski definition) is 1. The monoisotopic (exact) mass is 357 g/mol. The normalized spacial score (nSPS) is 10.7. The predicted molar refractivity (Wildman–Crippen MR) is 92.3 cm³/mol. The maximum absolute atomic E-state index is 5.90. The Hall–Kier alpha value is -0.740. The Morgan fingerprint density at radius 1 is 1.10 bits per heavy atom. The van der Waals surface area contributed by atoms with Gasteiger partial charge in [0.05, 0.1) is 18.2 Å². The Balaban J connectivity index is 2.46. The van der Waals surface area contributed by atoms with E-state index in [9.17, 15) is 0 Å². The molecule has 21 heavy (non-hydrogen) atoms. The van der Waals surface area contributed by atoms with Crippen molar-refractivity contribution in [3.8, 4) is 11.5 Å². The summed E-state index contributed by atoms with van der Waals surface area (Å²) in [6, 6.07) is 4.07. The van der Waals surface area contributed by atoms with Gasteiger partial charge in [-0.3, -0.25) is 0 Å². The second-order valence-corrected chi connectivity index (χ2v) is 6.12. The summed E-state index contributed by atoms with van der Waals surface area (Å²) in [5.41, 5.74) is 6.76. The molecule has 1 aromatic carbocycles. The van der Waals surface area contributed by atoms with E-state index in [0.717, 1.165) is 41.0 Å². The van der Waals surface area contributed by atoms with Crippen molar-refractivity contribution in [2.24, 2.45) is 5.73 Å². The standard InChI is InChI=1S/C17H28BrNO2/c1-3-4-5-6-7-8-11-21-17-15(18)12-14(9-10-19)13-16(17)20-2/h12-13H,3-11,19H2,1-2H3. The lowest BCUT2D eigenvalue weighted by Crippen LogP contribution is -2.05. The van der Waals surface area contributed by atoms with Crippen molar-refractivity contribution < 1.29 is 9.47 Å².